The van der Waals surface area contributed by atoms with Crippen molar-refractivity contribution in [3.63, 3.8) is 0 Å². The summed E-state index contributed by atoms with van der Waals surface area (Å²) in [5, 5.41) is 0. The monoisotopic (exact) mass is 140 g/mol. The van der Waals surface area contributed by atoms with Crippen molar-refractivity contribution >= 4 is 8.58 Å². The fourth-order valence-electron chi connectivity index (χ4n) is 0.928. The summed E-state index contributed by atoms with van der Waals surface area (Å²) in [5.74, 6) is 0. The van der Waals surface area contributed by atoms with E-state index >= 15 is 0 Å². The van der Waals surface area contributed by atoms with Crippen LogP contribution in [0.15, 0.2) is 24.3 Å². The Labute approximate surface area is 58.8 Å². The summed E-state index contributed by atoms with van der Waals surface area (Å²) in [6.07, 6.45) is 8.83. The van der Waals surface area contributed by atoms with E-state index in [1.807, 2.05) is 0 Å². The van der Waals surface area contributed by atoms with Gasteiger partial charge in [-0.25, -0.2) is 0 Å². The van der Waals surface area contributed by atoms with Crippen LogP contribution in [0.2, 0.25) is 0 Å². The highest BCUT2D eigenvalue weighted by molar-refractivity contribution is 7.40. The highest BCUT2D eigenvalue weighted by Gasteiger charge is 2.04. The van der Waals surface area contributed by atoms with Crippen LogP contribution in [0.3, 0.4) is 0 Å². The quantitative estimate of drug-likeness (QED) is 0.517. The molecule has 0 amide bonds. The van der Waals surface area contributed by atoms with Gasteiger partial charge in [-0.1, -0.05) is 38.2 Å². The van der Waals surface area contributed by atoms with Crippen LogP contribution in [-0.2, 0) is 0 Å². The van der Waals surface area contributed by atoms with Crippen LogP contribution in [0.1, 0.15) is 13.8 Å². The molecule has 0 saturated heterocycles. The van der Waals surface area contributed by atoms with Crippen molar-refractivity contribution in [2.24, 2.45) is 0 Å². The average molecular weight is 140 g/mol. The molecule has 0 N–H and O–H groups in total. The fraction of sp³-hybridized carbons (Fsp3) is 0.500. The smallest absolute Gasteiger partial charge is 0.0130 e. The lowest BCUT2D eigenvalue weighted by molar-refractivity contribution is 1.09. The van der Waals surface area contributed by atoms with Crippen molar-refractivity contribution in [2.45, 2.75) is 25.2 Å². The lowest BCUT2D eigenvalue weighted by atomic mass is 10.5. The van der Waals surface area contributed by atoms with Crippen LogP contribution in [-0.4, -0.2) is 11.3 Å². The first-order valence-corrected chi connectivity index (χ1v) is 4.55. The Bertz CT molecular complexity index is 122. The van der Waals surface area contributed by atoms with Gasteiger partial charge in [0.05, 0.1) is 0 Å². The molecule has 0 nitrogen and oxygen atoms in total. The molecular formula is C8H13P. The number of hydrogen-bond donors (Lipinski definition) is 0. The summed E-state index contributed by atoms with van der Waals surface area (Å²) in [4.78, 5) is 0. The molecule has 1 rings (SSSR count). The van der Waals surface area contributed by atoms with Crippen molar-refractivity contribution in [3.8, 4) is 0 Å². The summed E-state index contributed by atoms with van der Waals surface area (Å²) in [7, 11) is 1.07. The molecule has 50 valence electrons. The van der Waals surface area contributed by atoms with Crippen LogP contribution in [0.25, 0.3) is 0 Å². The molecule has 0 bridgehead atoms. The molecule has 0 spiro atoms. The predicted octanol–water partition coefficient (Wildman–Crippen LogP) is 2.57. The summed E-state index contributed by atoms with van der Waals surface area (Å²) in [6, 6.07) is 0. The van der Waals surface area contributed by atoms with Gasteiger partial charge in [0.25, 0.3) is 0 Å². The lowest BCUT2D eigenvalue weighted by Crippen LogP contribution is -1.93. The summed E-state index contributed by atoms with van der Waals surface area (Å²) >= 11 is 0. The minimum Gasteiger partial charge on any atom is -0.108 e. The molecule has 1 heteroatoms. The van der Waals surface area contributed by atoms with E-state index in [1.165, 1.54) is 0 Å². The van der Waals surface area contributed by atoms with Gasteiger partial charge in [-0.05, 0) is 5.66 Å². The Balaban J connectivity index is 2.29. The minimum absolute atomic E-state index is 0.755. The maximum atomic E-state index is 2.28. The normalized spacial score (nSPS) is 19.4. The maximum Gasteiger partial charge on any atom is 0.0130 e. The Hall–Kier alpha value is -0.0900. The average Bonchev–Trinajstić information content (AvgIpc) is 2.15. The maximum absolute atomic E-state index is 2.28. The van der Waals surface area contributed by atoms with E-state index in [4.69, 9.17) is 0 Å². The molecule has 0 aromatic heterocycles. The van der Waals surface area contributed by atoms with Crippen molar-refractivity contribution in [1.82, 2.24) is 0 Å². The van der Waals surface area contributed by atoms with Gasteiger partial charge in [-0.15, -0.1) is 8.58 Å². The molecule has 0 aromatic carbocycles. The zero-order valence-electron chi connectivity index (χ0n) is 5.96. The highest BCUT2D eigenvalue weighted by atomic mass is 31.1. The largest absolute Gasteiger partial charge is 0.108 e. The Morgan fingerprint density at radius 1 is 1.22 bits per heavy atom. The molecule has 1 unspecified atom stereocenters. The van der Waals surface area contributed by atoms with Crippen molar-refractivity contribution in [3.05, 3.63) is 24.3 Å². The van der Waals surface area contributed by atoms with Crippen LogP contribution in [0, 0.1) is 0 Å². The van der Waals surface area contributed by atoms with Gasteiger partial charge in [-0.3, -0.25) is 0 Å². The van der Waals surface area contributed by atoms with E-state index in [-0.39, 0.29) is 0 Å². The zero-order valence-corrected chi connectivity index (χ0v) is 6.96. The van der Waals surface area contributed by atoms with Gasteiger partial charge in [0, 0.05) is 5.66 Å². The topological polar surface area (TPSA) is 0 Å². The van der Waals surface area contributed by atoms with Crippen LogP contribution < -0.4 is 0 Å². The molecule has 0 radical (unpaired) electrons. The van der Waals surface area contributed by atoms with E-state index in [1.54, 1.807) is 0 Å². The lowest BCUT2D eigenvalue weighted by Gasteiger charge is -2.07. The number of hydrogen-bond acceptors (Lipinski definition) is 0. The third-order valence-electron chi connectivity index (χ3n) is 1.27. The zero-order chi connectivity index (χ0) is 6.69. The first-order chi connectivity index (χ1) is 4.29. The second-order valence-electron chi connectivity index (χ2n) is 2.62. The van der Waals surface area contributed by atoms with Gasteiger partial charge in [0.1, 0.15) is 0 Å². The molecule has 1 aliphatic rings. The second kappa shape index (κ2) is 3.17. The summed E-state index contributed by atoms with van der Waals surface area (Å²) in [6.45, 7) is 4.55. The molecule has 0 aliphatic heterocycles. The molecule has 1 aliphatic carbocycles. The van der Waals surface area contributed by atoms with Crippen molar-refractivity contribution in [1.29, 1.82) is 0 Å². The summed E-state index contributed by atoms with van der Waals surface area (Å²) in [5.41, 5.74) is 1.60. The van der Waals surface area contributed by atoms with E-state index < -0.39 is 0 Å². The van der Waals surface area contributed by atoms with Crippen LogP contribution in [0.5, 0.6) is 0 Å². The van der Waals surface area contributed by atoms with Crippen LogP contribution >= 0.6 is 8.58 Å². The first kappa shape index (κ1) is 7.02. The van der Waals surface area contributed by atoms with Crippen molar-refractivity contribution < 1.29 is 0 Å². The SMILES string of the molecule is CC(C)PC1C=CC=C1. The molecule has 9 heavy (non-hydrogen) atoms. The van der Waals surface area contributed by atoms with Gasteiger partial charge < -0.3 is 0 Å². The molecule has 0 aromatic rings. The Morgan fingerprint density at radius 3 is 2.22 bits per heavy atom. The van der Waals surface area contributed by atoms with Crippen molar-refractivity contribution in [2.75, 3.05) is 0 Å². The molecule has 0 saturated carbocycles. The standard InChI is InChI=1S/C8H13P/c1-7(2)9-8-5-3-4-6-8/h3-9H,1-2H3. The van der Waals surface area contributed by atoms with E-state index in [9.17, 15) is 0 Å². The highest BCUT2D eigenvalue weighted by Crippen LogP contribution is 2.28. The van der Waals surface area contributed by atoms with Gasteiger partial charge >= 0.3 is 0 Å². The minimum atomic E-state index is 0.755. The summed E-state index contributed by atoms with van der Waals surface area (Å²) < 4.78 is 0. The van der Waals surface area contributed by atoms with E-state index in [0.29, 0.717) is 0 Å². The fourth-order valence-corrected chi connectivity index (χ4v) is 2.14. The first-order valence-electron chi connectivity index (χ1n) is 3.40. The predicted molar refractivity (Wildman–Crippen MR) is 45.5 cm³/mol. The molecule has 1 atom stereocenters. The number of allylic oxidation sites excluding steroid dienone is 4. The van der Waals surface area contributed by atoms with Crippen LogP contribution in [0.4, 0.5) is 0 Å². The van der Waals surface area contributed by atoms with Gasteiger partial charge in [0.2, 0.25) is 0 Å². The van der Waals surface area contributed by atoms with E-state index in [0.717, 1.165) is 19.9 Å². The molecule has 0 fully saturated rings. The molecule has 0 heterocycles. The molecular weight excluding hydrogens is 127 g/mol. The third-order valence-corrected chi connectivity index (χ3v) is 2.71. The Morgan fingerprint density at radius 2 is 1.78 bits per heavy atom. The Kier molecular flexibility index (Phi) is 2.48. The van der Waals surface area contributed by atoms with E-state index in [2.05, 4.69) is 38.2 Å². The van der Waals surface area contributed by atoms with Gasteiger partial charge in [0.15, 0.2) is 0 Å². The second-order valence-corrected chi connectivity index (χ2v) is 4.77. The van der Waals surface area contributed by atoms with Gasteiger partial charge in [-0.2, -0.15) is 0 Å². The third kappa shape index (κ3) is 2.32. The number of rotatable bonds is 2.